The van der Waals surface area contributed by atoms with Gasteiger partial charge in [0.25, 0.3) is 0 Å². The number of rotatable bonds is 5. The second-order valence-electron chi connectivity index (χ2n) is 4.79. The summed E-state index contributed by atoms with van der Waals surface area (Å²) in [6, 6.07) is 9.27. The number of nitrogens with one attached hydrogen (secondary N) is 1. The molecule has 6 nitrogen and oxygen atoms in total. The minimum absolute atomic E-state index is 0.0184. The van der Waals surface area contributed by atoms with Gasteiger partial charge in [-0.1, -0.05) is 12.1 Å². The van der Waals surface area contributed by atoms with Crippen LogP contribution in [0.3, 0.4) is 0 Å². The molecule has 0 aliphatic heterocycles. The first-order valence-electron chi connectivity index (χ1n) is 6.76. The molecule has 0 aliphatic rings. The molecular weight excluding hydrogens is 301 g/mol. The van der Waals surface area contributed by atoms with Crippen molar-refractivity contribution in [1.82, 2.24) is 15.2 Å². The number of benzene rings is 1. The Morgan fingerprint density at radius 2 is 2.22 bits per heavy atom. The minimum atomic E-state index is -0.516. The van der Waals surface area contributed by atoms with Gasteiger partial charge in [0.15, 0.2) is 11.5 Å². The van der Waals surface area contributed by atoms with Crippen LogP contribution in [0.5, 0.6) is 0 Å². The van der Waals surface area contributed by atoms with Crippen molar-refractivity contribution in [2.75, 3.05) is 0 Å². The van der Waals surface area contributed by atoms with Crippen LogP contribution in [-0.2, 0) is 6.42 Å². The summed E-state index contributed by atoms with van der Waals surface area (Å²) in [4.78, 5) is 15.7. The van der Waals surface area contributed by atoms with Crippen LogP contribution in [0.2, 0.25) is 0 Å². The number of hydrogen-bond acceptors (Lipinski definition) is 5. The molecule has 0 saturated carbocycles. The van der Waals surface area contributed by atoms with Crippen molar-refractivity contribution in [2.24, 2.45) is 0 Å². The van der Waals surface area contributed by atoms with Gasteiger partial charge < -0.3 is 9.52 Å². The molecule has 0 radical (unpaired) electrons. The van der Waals surface area contributed by atoms with Crippen molar-refractivity contribution in [3.8, 4) is 0 Å². The molecule has 0 fully saturated rings. The number of aliphatic hydroxyl groups excluding tert-OH is 1. The summed E-state index contributed by atoms with van der Waals surface area (Å²) in [7, 11) is 0. The fourth-order valence-electron chi connectivity index (χ4n) is 2.05. The third-order valence-electron chi connectivity index (χ3n) is 3.08. The van der Waals surface area contributed by atoms with Crippen molar-refractivity contribution < 1.29 is 18.7 Å². The maximum atomic E-state index is 13.1. The van der Waals surface area contributed by atoms with Gasteiger partial charge >= 0.3 is 0 Å². The topological polar surface area (TPSA) is 92.0 Å². The third-order valence-corrected chi connectivity index (χ3v) is 3.08. The van der Waals surface area contributed by atoms with E-state index in [9.17, 15) is 14.3 Å². The van der Waals surface area contributed by atoms with Crippen LogP contribution in [0.1, 0.15) is 27.7 Å². The lowest BCUT2D eigenvalue weighted by Gasteiger charge is -1.98. The molecule has 0 atom stereocenters. The molecular formula is C16H12FN3O3. The lowest BCUT2D eigenvalue weighted by molar-refractivity contribution is 0.101. The number of carbonyl (C=O) groups excluding carboxylic acids is 1. The average Bonchev–Trinajstić information content (AvgIpc) is 3.18. The van der Waals surface area contributed by atoms with Gasteiger partial charge in [-0.2, -0.15) is 5.10 Å². The lowest BCUT2D eigenvalue weighted by Crippen LogP contribution is -1.96. The molecule has 0 amide bonds. The molecule has 0 spiro atoms. The van der Waals surface area contributed by atoms with Gasteiger partial charge in [0.2, 0.25) is 11.6 Å². The summed E-state index contributed by atoms with van der Waals surface area (Å²) < 4.78 is 18.6. The number of carbonyl (C=O) groups is 1. The second-order valence-corrected chi connectivity index (χ2v) is 4.79. The standard InChI is InChI=1S/C16H12FN3O3/c17-11-3-1-2-10(6-11)7-12-4-5-15(23-12)13(21)8-14(22)16-18-9-19-20-16/h1-6,8-9,22H,7H2,(H,18,19,20). The lowest BCUT2D eigenvalue weighted by atomic mass is 10.1. The second kappa shape index (κ2) is 6.27. The first-order chi connectivity index (χ1) is 11.1. The Hall–Kier alpha value is -3.22. The molecule has 3 rings (SSSR count). The van der Waals surface area contributed by atoms with Crippen LogP contribution >= 0.6 is 0 Å². The molecule has 23 heavy (non-hydrogen) atoms. The van der Waals surface area contributed by atoms with Gasteiger partial charge in [-0.25, -0.2) is 9.37 Å². The zero-order chi connectivity index (χ0) is 16.2. The SMILES string of the molecule is O=C(C=C(O)c1nc[nH]n1)c1ccc(Cc2cccc(F)c2)o1. The fourth-order valence-corrected chi connectivity index (χ4v) is 2.05. The predicted octanol–water partition coefficient (Wildman–Crippen LogP) is 2.91. The van der Waals surface area contributed by atoms with Gasteiger partial charge in [0.1, 0.15) is 17.9 Å². The van der Waals surface area contributed by atoms with E-state index in [0.717, 1.165) is 11.6 Å². The zero-order valence-corrected chi connectivity index (χ0v) is 11.9. The quantitative estimate of drug-likeness (QED) is 0.429. The normalized spacial score (nSPS) is 11.6. The van der Waals surface area contributed by atoms with Gasteiger partial charge in [-0.3, -0.25) is 9.89 Å². The Balaban J connectivity index is 1.74. The van der Waals surface area contributed by atoms with Crippen molar-refractivity contribution in [3.63, 3.8) is 0 Å². The van der Waals surface area contributed by atoms with Crippen LogP contribution in [0.4, 0.5) is 4.39 Å². The molecule has 0 saturated heterocycles. The number of allylic oxidation sites excluding steroid dienone is 1. The molecule has 2 heterocycles. The van der Waals surface area contributed by atoms with Gasteiger partial charge in [-0.05, 0) is 29.8 Å². The smallest absolute Gasteiger partial charge is 0.224 e. The highest BCUT2D eigenvalue weighted by Crippen LogP contribution is 2.16. The summed E-state index contributed by atoms with van der Waals surface area (Å²) in [6.45, 7) is 0. The number of furan rings is 1. The average molecular weight is 313 g/mol. The number of nitrogens with zero attached hydrogens (tertiary/aromatic N) is 2. The van der Waals surface area contributed by atoms with E-state index in [-0.39, 0.29) is 23.2 Å². The van der Waals surface area contributed by atoms with Gasteiger partial charge in [0.05, 0.1) is 0 Å². The molecule has 2 N–H and O–H groups in total. The van der Waals surface area contributed by atoms with Crippen molar-refractivity contribution in [2.45, 2.75) is 6.42 Å². The summed E-state index contributed by atoms with van der Waals surface area (Å²) in [5.74, 6) is -0.602. The highest BCUT2D eigenvalue weighted by atomic mass is 19.1. The van der Waals surface area contributed by atoms with Crippen LogP contribution in [-0.4, -0.2) is 26.1 Å². The number of halogens is 1. The van der Waals surface area contributed by atoms with E-state index < -0.39 is 5.78 Å². The van der Waals surface area contributed by atoms with Gasteiger partial charge in [0, 0.05) is 12.5 Å². The van der Waals surface area contributed by atoms with E-state index in [0.29, 0.717) is 12.2 Å². The minimum Gasteiger partial charge on any atom is -0.504 e. The molecule has 0 aliphatic carbocycles. The van der Waals surface area contributed by atoms with E-state index >= 15 is 0 Å². The number of hydrogen-bond donors (Lipinski definition) is 2. The maximum Gasteiger partial charge on any atom is 0.224 e. The first-order valence-corrected chi connectivity index (χ1v) is 6.76. The van der Waals surface area contributed by atoms with Crippen LogP contribution < -0.4 is 0 Å². The molecule has 3 aromatic rings. The maximum absolute atomic E-state index is 13.1. The highest BCUT2D eigenvalue weighted by Gasteiger charge is 2.13. The molecule has 1 aromatic carbocycles. The van der Waals surface area contributed by atoms with Crippen LogP contribution in [0, 0.1) is 5.82 Å². The van der Waals surface area contributed by atoms with E-state index in [4.69, 9.17) is 4.42 Å². The summed E-state index contributed by atoms with van der Waals surface area (Å²) in [5, 5.41) is 15.8. The molecule has 0 bridgehead atoms. The van der Waals surface area contributed by atoms with Crippen molar-refractivity contribution >= 4 is 11.5 Å². The van der Waals surface area contributed by atoms with Crippen LogP contribution in [0.15, 0.2) is 53.2 Å². The highest BCUT2D eigenvalue weighted by molar-refractivity contribution is 6.05. The van der Waals surface area contributed by atoms with E-state index in [2.05, 4.69) is 15.2 Å². The number of H-pyrrole nitrogens is 1. The largest absolute Gasteiger partial charge is 0.504 e. The molecule has 116 valence electrons. The third kappa shape index (κ3) is 3.52. The van der Waals surface area contributed by atoms with E-state index in [1.54, 1.807) is 18.2 Å². The predicted molar refractivity (Wildman–Crippen MR) is 79.2 cm³/mol. The molecule has 2 aromatic heterocycles. The molecule has 7 heteroatoms. The Bertz CT molecular complexity index is 853. The fraction of sp³-hybridized carbons (Fsp3) is 0.0625. The van der Waals surface area contributed by atoms with Crippen molar-refractivity contribution in [3.05, 3.63) is 77.5 Å². The van der Waals surface area contributed by atoms with Gasteiger partial charge in [-0.15, -0.1) is 0 Å². The Kier molecular flexibility index (Phi) is 4.01. The number of aromatic amines is 1. The van der Waals surface area contributed by atoms with Crippen LogP contribution in [0.25, 0.3) is 5.76 Å². The summed E-state index contributed by atoms with van der Waals surface area (Å²) in [6.07, 6.45) is 2.63. The Morgan fingerprint density at radius 1 is 1.35 bits per heavy atom. The zero-order valence-electron chi connectivity index (χ0n) is 11.9. The van der Waals surface area contributed by atoms with Crippen molar-refractivity contribution in [1.29, 1.82) is 0 Å². The summed E-state index contributed by atoms with van der Waals surface area (Å²) in [5.41, 5.74) is 0.734. The first kappa shape index (κ1) is 14.7. The number of aliphatic hydroxyl groups is 1. The van der Waals surface area contributed by atoms with E-state index in [1.807, 2.05) is 0 Å². The number of aromatic nitrogens is 3. The monoisotopic (exact) mass is 313 g/mol. The Labute approximate surface area is 130 Å². The van der Waals surface area contributed by atoms with E-state index in [1.165, 1.54) is 24.5 Å². The number of ketones is 1. The Morgan fingerprint density at radius 3 is 2.96 bits per heavy atom. The molecule has 0 unspecified atom stereocenters. The summed E-state index contributed by atoms with van der Waals surface area (Å²) >= 11 is 0.